The second-order valence-corrected chi connectivity index (χ2v) is 4.50. The molecule has 0 aromatic heterocycles. The zero-order valence-corrected chi connectivity index (χ0v) is 11.4. The number of rotatable bonds is 3. The molecule has 0 atom stereocenters. The van der Waals surface area contributed by atoms with Crippen molar-refractivity contribution in [3.05, 3.63) is 64.7 Å². The van der Waals surface area contributed by atoms with Gasteiger partial charge in [-0.15, -0.1) is 0 Å². The third kappa shape index (κ3) is 3.07. The van der Waals surface area contributed by atoms with Crippen molar-refractivity contribution in [2.75, 3.05) is 5.32 Å². The van der Waals surface area contributed by atoms with E-state index in [9.17, 15) is 9.59 Å². The fraction of sp³-hybridized carbons (Fsp3) is 0.0625. The molecule has 0 aliphatic heterocycles. The molecule has 2 rings (SSSR count). The van der Waals surface area contributed by atoms with Gasteiger partial charge in [0, 0.05) is 5.56 Å². The maximum atomic E-state index is 12.2. The number of hydrogen-bond donors (Lipinski definition) is 2. The Balaban J connectivity index is 2.31. The number of hydrogen-bond acceptors (Lipinski definition) is 3. The van der Waals surface area contributed by atoms with E-state index >= 15 is 0 Å². The number of para-hydroxylation sites is 1. The Bertz CT molecular complexity index is 743. The van der Waals surface area contributed by atoms with Crippen LogP contribution in [-0.4, -0.2) is 11.8 Å². The SMILES string of the molecule is Cc1cccc(C(N)=O)c1NC(=O)c1ccc(C#N)cc1. The number of benzene rings is 2. The van der Waals surface area contributed by atoms with Crippen LogP contribution >= 0.6 is 0 Å². The molecule has 0 fully saturated rings. The lowest BCUT2D eigenvalue weighted by atomic mass is 10.1. The molecule has 0 radical (unpaired) electrons. The van der Waals surface area contributed by atoms with Gasteiger partial charge in [0.15, 0.2) is 0 Å². The Labute approximate surface area is 122 Å². The first kappa shape index (κ1) is 14.3. The van der Waals surface area contributed by atoms with Gasteiger partial charge in [-0.2, -0.15) is 5.26 Å². The summed E-state index contributed by atoms with van der Waals surface area (Å²) in [5, 5.41) is 11.4. The average Bonchev–Trinajstić information content (AvgIpc) is 2.49. The molecule has 3 N–H and O–H groups in total. The van der Waals surface area contributed by atoms with Crippen LogP contribution in [0.2, 0.25) is 0 Å². The Hall–Kier alpha value is -3.13. The van der Waals surface area contributed by atoms with Crippen LogP contribution in [0.15, 0.2) is 42.5 Å². The van der Waals surface area contributed by atoms with Crippen LogP contribution in [0.3, 0.4) is 0 Å². The Kier molecular flexibility index (Phi) is 4.00. The van der Waals surface area contributed by atoms with Crippen molar-refractivity contribution < 1.29 is 9.59 Å². The summed E-state index contributed by atoms with van der Waals surface area (Å²) in [4.78, 5) is 23.6. The summed E-state index contributed by atoms with van der Waals surface area (Å²) in [6, 6.07) is 13.2. The van der Waals surface area contributed by atoms with Crippen LogP contribution in [0.1, 0.15) is 31.8 Å². The molecule has 0 aliphatic rings. The van der Waals surface area contributed by atoms with Gasteiger partial charge in [0.25, 0.3) is 11.8 Å². The number of primary amides is 1. The summed E-state index contributed by atoms with van der Waals surface area (Å²) < 4.78 is 0. The number of anilines is 1. The first-order valence-corrected chi connectivity index (χ1v) is 6.24. The van der Waals surface area contributed by atoms with Gasteiger partial charge in [0.05, 0.1) is 22.9 Å². The van der Waals surface area contributed by atoms with E-state index in [0.29, 0.717) is 16.8 Å². The predicted octanol–water partition coefficient (Wildman–Crippen LogP) is 2.22. The molecular formula is C16H13N3O2. The van der Waals surface area contributed by atoms with Crippen molar-refractivity contribution in [2.45, 2.75) is 6.92 Å². The fourth-order valence-electron chi connectivity index (χ4n) is 1.92. The lowest BCUT2D eigenvalue weighted by Crippen LogP contribution is -2.19. The highest BCUT2D eigenvalue weighted by Crippen LogP contribution is 2.21. The lowest BCUT2D eigenvalue weighted by molar-refractivity contribution is 0.100. The highest BCUT2D eigenvalue weighted by molar-refractivity contribution is 6.09. The van der Waals surface area contributed by atoms with Gasteiger partial charge in [-0.1, -0.05) is 12.1 Å². The highest BCUT2D eigenvalue weighted by atomic mass is 16.2. The van der Waals surface area contributed by atoms with Crippen molar-refractivity contribution in [1.82, 2.24) is 0 Å². The molecule has 0 saturated carbocycles. The normalized spacial score (nSPS) is 9.71. The topological polar surface area (TPSA) is 96.0 Å². The minimum Gasteiger partial charge on any atom is -0.366 e. The number of nitrogens with two attached hydrogens (primary N) is 1. The number of nitrogens with one attached hydrogen (secondary N) is 1. The Morgan fingerprint density at radius 2 is 1.81 bits per heavy atom. The Morgan fingerprint density at radius 3 is 2.38 bits per heavy atom. The first-order chi connectivity index (χ1) is 10.0. The summed E-state index contributed by atoms with van der Waals surface area (Å²) in [6.07, 6.45) is 0. The number of amides is 2. The summed E-state index contributed by atoms with van der Waals surface area (Å²) >= 11 is 0. The molecule has 0 heterocycles. The quantitative estimate of drug-likeness (QED) is 0.901. The molecule has 5 heteroatoms. The second kappa shape index (κ2) is 5.88. The van der Waals surface area contributed by atoms with Crippen molar-refractivity contribution >= 4 is 17.5 Å². The van der Waals surface area contributed by atoms with Crippen molar-refractivity contribution in [1.29, 1.82) is 5.26 Å². The minimum atomic E-state index is -0.603. The fourth-order valence-corrected chi connectivity index (χ4v) is 1.92. The first-order valence-electron chi connectivity index (χ1n) is 6.24. The molecule has 0 bridgehead atoms. The van der Waals surface area contributed by atoms with E-state index in [1.807, 2.05) is 6.07 Å². The predicted molar refractivity (Wildman–Crippen MR) is 78.8 cm³/mol. The molecule has 21 heavy (non-hydrogen) atoms. The zero-order chi connectivity index (χ0) is 15.4. The third-order valence-corrected chi connectivity index (χ3v) is 3.05. The summed E-state index contributed by atoms with van der Waals surface area (Å²) in [7, 11) is 0. The van der Waals surface area contributed by atoms with Crippen molar-refractivity contribution in [3.8, 4) is 6.07 Å². The number of carbonyl (C=O) groups is 2. The van der Waals surface area contributed by atoms with Gasteiger partial charge < -0.3 is 11.1 Å². The van der Waals surface area contributed by atoms with E-state index in [4.69, 9.17) is 11.0 Å². The minimum absolute atomic E-state index is 0.261. The standard InChI is InChI=1S/C16H13N3O2/c1-10-3-2-4-13(15(18)20)14(10)19-16(21)12-7-5-11(9-17)6-8-12/h2-8H,1H3,(H2,18,20)(H,19,21). The molecule has 0 aliphatic carbocycles. The van der Waals surface area contributed by atoms with E-state index in [2.05, 4.69) is 5.32 Å². The van der Waals surface area contributed by atoms with Gasteiger partial charge in [0.1, 0.15) is 0 Å². The van der Waals surface area contributed by atoms with E-state index in [1.165, 1.54) is 0 Å². The molecule has 0 saturated heterocycles. The molecule has 5 nitrogen and oxygen atoms in total. The van der Waals surface area contributed by atoms with Crippen molar-refractivity contribution in [2.24, 2.45) is 5.73 Å². The Morgan fingerprint density at radius 1 is 1.14 bits per heavy atom. The van der Waals surface area contributed by atoms with Gasteiger partial charge in [-0.3, -0.25) is 9.59 Å². The number of aryl methyl sites for hydroxylation is 1. The monoisotopic (exact) mass is 279 g/mol. The molecule has 0 unspecified atom stereocenters. The van der Waals surface area contributed by atoms with Crippen LogP contribution in [0.4, 0.5) is 5.69 Å². The molecule has 104 valence electrons. The van der Waals surface area contributed by atoms with Crippen LogP contribution in [0.25, 0.3) is 0 Å². The van der Waals surface area contributed by atoms with E-state index in [-0.39, 0.29) is 11.5 Å². The van der Waals surface area contributed by atoms with E-state index in [1.54, 1.807) is 49.4 Å². The van der Waals surface area contributed by atoms with Crippen LogP contribution in [-0.2, 0) is 0 Å². The smallest absolute Gasteiger partial charge is 0.255 e. The maximum absolute atomic E-state index is 12.2. The van der Waals surface area contributed by atoms with Crippen LogP contribution in [0, 0.1) is 18.3 Å². The molecule has 2 aromatic carbocycles. The second-order valence-electron chi connectivity index (χ2n) is 4.50. The molecule has 2 amide bonds. The number of carbonyl (C=O) groups excluding carboxylic acids is 2. The van der Waals surface area contributed by atoms with E-state index in [0.717, 1.165) is 5.56 Å². The van der Waals surface area contributed by atoms with E-state index < -0.39 is 5.91 Å². The molecular weight excluding hydrogens is 266 g/mol. The van der Waals surface area contributed by atoms with Crippen molar-refractivity contribution in [3.63, 3.8) is 0 Å². The lowest BCUT2D eigenvalue weighted by Gasteiger charge is -2.12. The van der Waals surface area contributed by atoms with Gasteiger partial charge in [-0.05, 0) is 42.8 Å². The highest BCUT2D eigenvalue weighted by Gasteiger charge is 2.14. The molecule has 0 spiro atoms. The van der Waals surface area contributed by atoms with Gasteiger partial charge >= 0.3 is 0 Å². The summed E-state index contributed by atoms with van der Waals surface area (Å²) in [5.74, 6) is -0.967. The number of nitriles is 1. The zero-order valence-electron chi connectivity index (χ0n) is 11.4. The summed E-state index contributed by atoms with van der Waals surface area (Å²) in [6.45, 7) is 1.78. The maximum Gasteiger partial charge on any atom is 0.255 e. The van der Waals surface area contributed by atoms with Gasteiger partial charge in [0.2, 0.25) is 0 Å². The largest absolute Gasteiger partial charge is 0.366 e. The average molecular weight is 279 g/mol. The third-order valence-electron chi connectivity index (χ3n) is 3.05. The van der Waals surface area contributed by atoms with Crippen LogP contribution in [0.5, 0.6) is 0 Å². The van der Waals surface area contributed by atoms with Crippen LogP contribution < -0.4 is 11.1 Å². The van der Waals surface area contributed by atoms with Gasteiger partial charge in [-0.25, -0.2) is 0 Å². The summed E-state index contributed by atoms with van der Waals surface area (Å²) in [5.41, 5.74) is 7.59. The number of nitrogens with zero attached hydrogens (tertiary/aromatic N) is 1. The molecule has 2 aromatic rings.